The normalized spacial score (nSPS) is 10.5. The van der Waals surface area contributed by atoms with Crippen molar-refractivity contribution in [1.29, 1.82) is 0 Å². The molecule has 0 unspecified atom stereocenters. The van der Waals surface area contributed by atoms with E-state index in [9.17, 15) is 0 Å². The van der Waals surface area contributed by atoms with Crippen molar-refractivity contribution in [3.05, 3.63) is 109 Å². The van der Waals surface area contributed by atoms with Gasteiger partial charge in [0, 0.05) is 36.1 Å². The van der Waals surface area contributed by atoms with Gasteiger partial charge in [-0.1, -0.05) is 96.7 Å². The van der Waals surface area contributed by atoms with Crippen LogP contribution in [0.15, 0.2) is 109 Å². The highest BCUT2D eigenvalue weighted by Crippen LogP contribution is 2.18. The molecule has 0 aliphatic rings. The number of anilines is 2. The summed E-state index contributed by atoms with van der Waals surface area (Å²) < 4.78 is 24.8. The summed E-state index contributed by atoms with van der Waals surface area (Å²) >= 11 is 3.27. The molecular formula is C28H30B2N2O3S2. The van der Waals surface area contributed by atoms with Gasteiger partial charge in [-0.25, -0.2) is 0 Å². The minimum atomic E-state index is 0.492. The van der Waals surface area contributed by atoms with Crippen LogP contribution in [0.2, 0.25) is 0 Å². The van der Waals surface area contributed by atoms with Crippen LogP contribution in [0.1, 0.15) is 0 Å². The summed E-state index contributed by atoms with van der Waals surface area (Å²) in [5.74, 6) is 3.29. The van der Waals surface area contributed by atoms with Gasteiger partial charge in [0.25, 0.3) is 0 Å². The van der Waals surface area contributed by atoms with Gasteiger partial charge in [0.05, 0.1) is 0 Å². The van der Waals surface area contributed by atoms with Crippen molar-refractivity contribution in [2.24, 2.45) is 0 Å². The van der Waals surface area contributed by atoms with Gasteiger partial charge in [-0.05, 0) is 47.3 Å². The number of benzene rings is 4. The van der Waals surface area contributed by atoms with Crippen molar-refractivity contribution < 1.29 is 14.0 Å². The van der Waals surface area contributed by atoms with Gasteiger partial charge >= 0.3 is 15.0 Å². The first-order valence-corrected chi connectivity index (χ1v) is 14.2. The van der Waals surface area contributed by atoms with Gasteiger partial charge in [0.1, 0.15) is 11.5 Å². The van der Waals surface area contributed by atoms with Gasteiger partial charge in [-0.15, -0.1) is 0 Å². The van der Waals surface area contributed by atoms with E-state index in [2.05, 4.69) is 9.44 Å². The lowest BCUT2D eigenvalue weighted by molar-refractivity contribution is 0.369. The van der Waals surface area contributed by atoms with E-state index in [1.807, 2.05) is 109 Å². The Morgan fingerprint density at radius 2 is 0.919 bits per heavy atom. The minimum Gasteiger partial charge on any atom is -0.458 e. The third-order valence-corrected chi connectivity index (χ3v) is 6.77. The summed E-state index contributed by atoms with van der Waals surface area (Å²) in [5.41, 5.74) is 4.22. The molecular weight excluding hydrogens is 498 g/mol. The number of rotatable bonds is 16. The fraction of sp³-hybridized carbons (Fsp3) is 0.143. The molecule has 5 nitrogen and oxygen atoms in total. The summed E-state index contributed by atoms with van der Waals surface area (Å²) in [4.78, 5) is 0. The lowest BCUT2D eigenvalue weighted by Crippen LogP contribution is -2.23. The van der Waals surface area contributed by atoms with Gasteiger partial charge in [-0.2, -0.15) is 0 Å². The van der Waals surface area contributed by atoms with Crippen molar-refractivity contribution >= 4 is 61.2 Å². The van der Waals surface area contributed by atoms with E-state index in [-0.39, 0.29) is 0 Å². The molecule has 0 amide bonds. The van der Waals surface area contributed by atoms with Gasteiger partial charge < -0.3 is 23.5 Å². The van der Waals surface area contributed by atoms with Crippen LogP contribution >= 0.6 is 23.9 Å². The maximum atomic E-state index is 6.32. The van der Waals surface area contributed by atoms with E-state index < -0.39 is 0 Å². The quantitative estimate of drug-likeness (QED) is 0.121. The minimum absolute atomic E-state index is 0.492. The summed E-state index contributed by atoms with van der Waals surface area (Å²) in [6.45, 7) is 1.28. The topological polar surface area (TPSA) is 51.8 Å². The Balaban J connectivity index is 1.19. The molecule has 0 fully saturated rings. The highest BCUT2D eigenvalue weighted by molar-refractivity contribution is 8.00. The Hall–Kier alpha value is -2.97. The van der Waals surface area contributed by atoms with Crippen LogP contribution in [0.3, 0.4) is 0 Å². The highest BCUT2D eigenvalue weighted by atomic mass is 32.2. The first-order chi connectivity index (χ1) is 18.4. The van der Waals surface area contributed by atoms with E-state index in [0.29, 0.717) is 28.2 Å². The van der Waals surface area contributed by atoms with Crippen LogP contribution in [-0.4, -0.2) is 39.7 Å². The molecule has 0 saturated carbocycles. The Bertz CT molecular complexity index is 1100. The molecule has 0 bridgehead atoms. The molecule has 0 radical (unpaired) electrons. The smallest absolute Gasteiger partial charge is 0.312 e. The van der Waals surface area contributed by atoms with Crippen molar-refractivity contribution in [2.45, 2.75) is 0 Å². The van der Waals surface area contributed by atoms with E-state index in [0.717, 1.165) is 45.3 Å². The molecule has 4 rings (SSSR count). The maximum Gasteiger partial charge on any atom is 0.312 e. The monoisotopic (exact) mass is 528 g/mol. The summed E-state index contributed by atoms with van der Waals surface area (Å²) in [6, 6.07) is 36.3. The van der Waals surface area contributed by atoms with E-state index in [1.165, 1.54) is 0 Å². The Morgan fingerprint density at radius 3 is 1.38 bits per heavy atom. The first kappa shape index (κ1) is 27.1. The Labute approximate surface area is 229 Å². The van der Waals surface area contributed by atoms with E-state index >= 15 is 0 Å². The number of nitrogens with one attached hydrogen (secondary N) is 2. The van der Waals surface area contributed by atoms with Crippen LogP contribution in [0.4, 0.5) is 11.4 Å². The standard InChI is InChI=1S/C28H30B2N2O3S2/c1-3-11-23(12-4-1)31-36-21-19-33-29-25-15-7-9-17-27(25)35-28-18-10-8-16-26(28)30-34-20-22-37-32-24-13-5-2-6-14-24/h1-18,29-32H,19-22H2. The van der Waals surface area contributed by atoms with Gasteiger partial charge in [0.15, 0.2) is 0 Å². The molecule has 0 aromatic heterocycles. The number of hydrogen-bond donors (Lipinski definition) is 2. The zero-order valence-electron chi connectivity index (χ0n) is 20.7. The van der Waals surface area contributed by atoms with Crippen LogP contribution in [0.25, 0.3) is 0 Å². The average Bonchev–Trinajstić information content (AvgIpc) is 2.95. The third-order valence-electron chi connectivity index (χ3n) is 5.27. The molecule has 4 aromatic rings. The zero-order valence-corrected chi connectivity index (χ0v) is 22.3. The first-order valence-electron chi connectivity index (χ1n) is 12.2. The number of hydrogen-bond acceptors (Lipinski definition) is 7. The number of ether oxygens (including phenoxy) is 1. The maximum absolute atomic E-state index is 6.32. The Kier molecular flexibility index (Phi) is 11.7. The predicted molar refractivity (Wildman–Crippen MR) is 163 cm³/mol. The molecule has 0 aliphatic carbocycles. The number of para-hydroxylation sites is 4. The Morgan fingerprint density at radius 1 is 0.514 bits per heavy atom. The molecule has 0 atom stereocenters. The summed E-state index contributed by atoms with van der Waals surface area (Å²) in [6.07, 6.45) is 0. The van der Waals surface area contributed by atoms with Crippen LogP contribution < -0.4 is 25.1 Å². The molecule has 0 saturated heterocycles. The molecule has 2 N–H and O–H groups in total. The van der Waals surface area contributed by atoms with Crippen molar-refractivity contribution in [1.82, 2.24) is 0 Å². The van der Waals surface area contributed by atoms with E-state index in [1.54, 1.807) is 23.9 Å². The largest absolute Gasteiger partial charge is 0.458 e. The van der Waals surface area contributed by atoms with Crippen molar-refractivity contribution in [2.75, 3.05) is 34.2 Å². The summed E-state index contributed by atoms with van der Waals surface area (Å²) in [7, 11) is 0.985. The SMILES string of the molecule is B(OCCSNc1ccccc1)c1ccccc1Oc1ccccc1BOCCSNc1ccccc1. The fourth-order valence-electron chi connectivity index (χ4n) is 3.41. The van der Waals surface area contributed by atoms with Crippen LogP contribution in [0.5, 0.6) is 11.5 Å². The van der Waals surface area contributed by atoms with Crippen LogP contribution in [-0.2, 0) is 9.31 Å². The molecule has 4 aromatic carbocycles. The van der Waals surface area contributed by atoms with Gasteiger partial charge in [-0.3, -0.25) is 0 Å². The molecule has 188 valence electrons. The molecule has 0 aliphatic heterocycles. The average molecular weight is 528 g/mol. The van der Waals surface area contributed by atoms with E-state index in [4.69, 9.17) is 14.0 Å². The van der Waals surface area contributed by atoms with Crippen molar-refractivity contribution in [3.8, 4) is 11.5 Å². The fourth-order valence-corrected chi connectivity index (χ4v) is 4.62. The lowest BCUT2D eigenvalue weighted by Gasteiger charge is -2.14. The van der Waals surface area contributed by atoms with Crippen molar-refractivity contribution in [3.63, 3.8) is 0 Å². The van der Waals surface area contributed by atoms with Crippen LogP contribution in [0, 0.1) is 0 Å². The predicted octanol–water partition coefficient (Wildman–Crippen LogP) is 4.99. The molecule has 0 spiro atoms. The summed E-state index contributed by atoms with van der Waals surface area (Å²) in [5, 5.41) is 0. The molecule has 37 heavy (non-hydrogen) atoms. The highest BCUT2D eigenvalue weighted by Gasteiger charge is 2.11. The zero-order chi connectivity index (χ0) is 25.4. The molecule has 9 heteroatoms. The second-order valence-electron chi connectivity index (χ2n) is 8.06. The lowest BCUT2D eigenvalue weighted by atomic mass is 9.86. The third kappa shape index (κ3) is 9.78. The second-order valence-corrected chi connectivity index (χ2v) is 9.86. The second kappa shape index (κ2) is 16.0. The molecule has 0 heterocycles. The van der Waals surface area contributed by atoms with Gasteiger partial charge in [0.2, 0.25) is 0 Å².